The lowest BCUT2D eigenvalue weighted by molar-refractivity contribution is -0.0619. The molecule has 7 rings (SSSR count). The molecule has 3 heteroatoms. The van der Waals surface area contributed by atoms with E-state index in [2.05, 4.69) is 0 Å². The van der Waals surface area contributed by atoms with Gasteiger partial charge in [0.25, 0.3) is 11.8 Å². The van der Waals surface area contributed by atoms with Gasteiger partial charge in [0.2, 0.25) is 0 Å². The third-order valence-electron chi connectivity index (χ3n) is 7.26. The maximum absolute atomic E-state index is 13.4. The van der Waals surface area contributed by atoms with Gasteiger partial charge < -0.3 is 0 Å². The number of rotatable bonds is 1. The second kappa shape index (κ2) is 4.51. The highest BCUT2D eigenvalue weighted by Crippen LogP contribution is 2.59. The Morgan fingerprint density at radius 2 is 1.44 bits per heavy atom. The van der Waals surface area contributed by atoms with Crippen LogP contribution in [0, 0.1) is 17.8 Å². The molecule has 2 aromatic rings. The van der Waals surface area contributed by atoms with E-state index in [1.807, 2.05) is 36.4 Å². The molecule has 25 heavy (non-hydrogen) atoms. The molecule has 2 amide bonds. The van der Waals surface area contributed by atoms with Crippen LogP contribution in [0.4, 0.5) is 0 Å². The van der Waals surface area contributed by atoms with Crippen LogP contribution in [0.3, 0.4) is 0 Å². The maximum atomic E-state index is 13.4. The maximum Gasteiger partial charge on any atom is 0.262 e. The fraction of sp³-hybridized carbons (Fsp3) is 0.455. The molecule has 0 unspecified atom stereocenters. The van der Waals surface area contributed by atoms with Crippen LogP contribution in [0.15, 0.2) is 36.4 Å². The zero-order chi connectivity index (χ0) is 16.8. The Morgan fingerprint density at radius 3 is 2.12 bits per heavy atom. The molecule has 4 saturated carbocycles. The highest BCUT2D eigenvalue weighted by molar-refractivity contribution is 6.27. The molecule has 2 aromatic carbocycles. The van der Waals surface area contributed by atoms with Crippen LogP contribution in [-0.2, 0) is 0 Å². The van der Waals surface area contributed by atoms with Gasteiger partial charge in [-0.3, -0.25) is 14.5 Å². The fourth-order valence-electron chi connectivity index (χ4n) is 6.77. The number of fused-ring (bicyclic) bond motifs is 3. The summed E-state index contributed by atoms with van der Waals surface area (Å²) in [6.45, 7) is 0. The summed E-state index contributed by atoms with van der Waals surface area (Å²) in [5.41, 5.74) is 1.04. The van der Waals surface area contributed by atoms with Gasteiger partial charge in [0.15, 0.2) is 0 Å². The molecule has 1 heterocycles. The molecular weight excluding hydrogens is 310 g/mol. The highest BCUT2D eigenvalue weighted by Gasteiger charge is 2.58. The molecule has 0 atom stereocenters. The first-order valence-corrected chi connectivity index (χ1v) is 9.55. The first-order valence-electron chi connectivity index (χ1n) is 9.55. The van der Waals surface area contributed by atoms with E-state index in [1.165, 1.54) is 19.3 Å². The number of imide groups is 1. The van der Waals surface area contributed by atoms with Crippen LogP contribution >= 0.6 is 0 Å². The molecule has 126 valence electrons. The normalized spacial score (nSPS) is 35.7. The largest absolute Gasteiger partial charge is 0.269 e. The first kappa shape index (κ1) is 14.1. The number of hydrogen-bond donors (Lipinski definition) is 0. The number of nitrogens with zero attached hydrogens (tertiary/aromatic N) is 1. The Balaban J connectivity index is 1.51. The van der Waals surface area contributed by atoms with Gasteiger partial charge in [-0.2, -0.15) is 0 Å². The smallest absolute Gasteiger partial charge is 0.262 e. The van der Waals surface area contributed by atoms with Crippen molar-refractivity contribution in [3.63, 3.8) is 0 Å². The molecule has 0 radical (unpaired) electrons. The van der Waals surface area contributed by atoms with Gasteiger partial charge in [-0.05, 0) is 73.1 Å². The van der Waals surface area contributed by atoms with Crippen molar-refractivity contribution in [2.24, 2.45) is 17.8 Å². The van der Waals surface area contributed by atoms with E-state index in [9.17, 15) is 9.59 Å². The number of carbonyl (C=O) groups excluding carboxylic acids is 2. The standard InChI is InChI=1S/C22H21NO2/c24-20-18-6-5-16-3-1-2-4-17(16)19(18)21(25)23(20)22-10-13-7-14(11-22)9-15(8-13)12-22/h1-6,13-15H,7-12H2. The summed E-state index contributed by atoms with van der Waals surface area (Å²) in [4.78, 5) is 28.4. The average Bonchev–Trinajstić information content (AvgIpc) is 2.85. The van der Waals surface area contributed by atoms with E-state index in [-0.39, 0.29) is 17.4 Å². The Morgan fingerprint density at radius 1 is 0.800 bits per heavy atom. The zero-order valence-electron chi connectivity index (χ0n) is 14.2. The highest BCUT2D eigenvalue weighted by atomic mass is 16.2. The van der Waals surface area contributed by atoms with Crippen molar-refractivity contribution >= 4 is 22.6 Å². The molecule has 4 bridgehead atoms. The van der Waals surface area contributed by atoms with Gasteiger partial charge in [-0.1, -0.05) is 30.3 Å². The zero-order valence-corrected chi connectivity index (χ0v) is 14.2. The van der Waals surface area contributed by atoms with E-state index >= 15 is 0 Å². The van der Waals surface area contributed by atoms with Crippen molar-refractivity contribution in [2.75, 3.05) is 0 Å². The van der Waals surface area contributed by atoms with Gasteiger partial charge in [0, 0.05) is 0 Å². The van der Waals surface area contributed by atoms with Gasteiger partial charge in [0.05, 0.1) is 16.7 Å². The third kappa shape index (κ3) is 1.71. The lowest BCUT2D eigenvalue weighted by Crippen LogP contribution is -2.61. The second-order valence-corrected chi connectivity index (χ2v) is 8.80. The number of amides is 2. The van der Waals surface area contributed by atoms with Gasteiger partial charge >= 0.3 is 0 Å². The van der Waals surface area contributed by atoms with E-state index in [0.29, 0.717) is 28.9 Å². The summed E-state index contributed by atoms with van der Waals surface area (Å²) in [5, 5.41) is 1.96. The third-order valence-corrected chi connectivity index (χ3v) is 7.26. The molecule has 4 aliphatic carbocycles. The predicted octanol–water partition coefficient (Wildman–Crippen LogP) is 4.40. The summed E-state index contributed by atoms with van der Waals surface area (Å²) in [6.07, 6.45) is 7.02. The molecule has 5 aliphatic rings. The van der Waals surface area contributed by atoms with Crippen LogP contribution in [-0.4, -0.2) is 22.3 Å². The van der Waals surface area contributed by atoms with E-state index < -0.39 is 0 Å². The topological polar surface area (TPSA) is 37.4 Å². The van der Waals surface area contributed by atoms with Gasteiger partial charge in [-0.25, -0.2) is 0 Å². The molecule has 4 fully saturated rings. The number of carbonyl (C=O) groups is 2. The monoisotopic (exact) mass is 331 g/mol. The lowest BCUT2D eigenvalue weighted by Gasteiger charge is -2.59. The Kier molecular flexibility index (Phi) is 2.54. The molecule has 3 nitrogen and oxygen atoms in total. The van der Waals surface area contributed by atoms with E-state index in [4.69, 9.17) is 0 Å². The molecule has 0 aromatic heterocycles. The van der Waals surface area contributed by atoms with Crippen molar-refractivity contribution < 1.29 is 9.59 Å². The molecule has 0 spiro atoms. The van der Waals surface area contributed by atoms with E-state index in [1.54, 1.807) is 4.90 Å². The summed E-state index contributed by atoms with van der Waals surface area (Å²) in [6, 6.07) is 11.8. The molecule has 1 aliphatic heterocycles. The summed E-state index contributed by atoms with van der Waals surface area (Å²) in [7, 11) is 0. The fourth-order valence-corrected chi connectivity index (χ4v) is 6.77. The lowest BCUT2D eigenvalue weighted by atomic mass is 9.52. The minimum Gasteiger partial charge on any atom is -0.269 e. The quantitative estimate of drug-likeness (QED) is 0.726. The molecule has 0 N–H and O–H groups in total. The van der Waals surface area contributed by atoms with Crippen molar-refractivity contribution in [1.29, 1.82) is 0 Å². The van der Waals surface area contributed by atoms with Crippen LogP contribution in [0.5, 0.6) is 0 Å². The molecule has 0 saturated heterocycles. The minimum atomic E-state index is -0.205. The Labute approximate surface area is 147 Å². The first-order chi connectivity index (χ1) is 12.1. The SMILES string of the molecule is O=C1c2ccc3ccccc3c2C(=O)N1C12CC3CC(CC(C3)C1)C2. The van der Waals surface area contributed by atoms with Crippen LogP contribution < -0.4 is 0 Å². The van der Waals surface area contributed by atoms with Crippen molar-refractivity contribution in [1.82, 2.24) is 4.90 Å². The van der Waals surface area contributed by atoms with Crippen molar-refractivity contribution in [3.8, 4) is 0 Å². The Bertz CT molecular complexity index is 909. The van der Waals surface area contributed by atoms with Crippen LogP contribution in [0.2, 0.25) is 0 Å². The van der Waals surface area contributed by atoms with Gasteiger partial charge in [0.1, 0.15) is 0 Å². The van der Waals surface area contributed by atoms with E-state index in [0.717, 1.165) is 30.0 Å². The average molecular weight is 331 g/mol. The van der Waals surface area contributed by atoms with Gasteiger partial charge in [-0.15, -0.1) is 0 Å². The van der Waals surface area contributed by atoms with Crippen molar-refractivity contribution in [3.05, 3.63) is 47.5 Å². The second-order valence-electron chi connectivity index (χ2n) is 8.80. The van der Waals surface area contributed by atoms with Crippen LogP contribution in [0.1, 0.15) is 59.2 Å². The summed E-state index contributed by atoms with van der Waals surface area (Å²) < 4.78 is 0. The molecular formula is C22H21NO2. The van der Waals surface area contributed by atoms with Crippen molar-refractivity contribution in [2.45, 2.75) is 44.1 Å². The summed E-state index contributed by atoms with van der Waals surface area (Å²) >= 11 is 0. The summed E-state index contributed by atoms with van der Waals surface area (Å²) in [5.74, 6) is 2.05. The predicted molar refractivity (Wildman–Crippen MR) is 95.4 cm³/mol. The van der Waals surface area contributed by atoms with Crippen LogP contribution in [0.25, 0.3) is 10.8 Å². The number of benzene rings is 2. The minimum absolute atomic E-state index is 0.0428. The number of hydrogen-bond acceptors (Lipinski definition) is 2. The Hall–Kier alpha value is -2.16.